The van der Waals surface area contributed by atoms with Crippen LogP contribution in [0.1, 0.15) is 59.5 Å². The number of aryl methyl sites for hydroxylation is 2. The van der Waals surface area contributed by atoms with Gasteiger partial charge < -0.3 is 5.32 Å². The predicted molar refractivity (Wildman–Crippen MR) is 85.7 cm³/mol. The fourth-order valence-electron chi connectivity index (χ4n) is 3.56. The Hall–Kier alpha value is -1.69. The highest BCUT2D eigenvalue weighted by molar-refractivity contribution is 7.17. The van der Waals surface area contributed by atoms with Crippen LogP contribution in [-0.4, -0.2) is 21.3 Å². The monoisotopic (exact) mass is 317 g/mol. The Morgan fingerprint density at radius 3 is 2.82 bits per heavy atom. The third-order valence-corrected chi connectivity index (χ3v) is 5.89. The first-order chi connectivity index (χ1) is 10.7. The summed E-state index contributed by atoms with van der Waals surface area (Å²) in [5.41, 5.74) is 1.04. The van der Waals surface area contributed by atoms with Gasteiger partial charge in [0, 0.05) is 22.8 Å². The van der Waals surface area contributed by atoms with Crippen molar-refractivity contribution in [3.8, 4) is 0 Å². The molecular weight excluding hydrogens is 298 g/mol. The van der Waals surface area contributed by atoms with E-state index in [1.54, 1.807) is 15.7 Å². The van der Waals surface area contributed by atoms with Gasteiger partial charge in [0.1, 0.15) is 5.56 Å². The molecule has 1 fully saturated rings. The molecule has 0 unspecified atom stereocenters. The van der Waals surface area contributed by atoms with Crippen LogP contribution >= 0.6 is 11.3 Å². The molecule has 2 aliphatic rings. The summed E-state index contributed by atoms with van der Waals surface area (Å²) in [5, 5.41) is 2.98. The average Bonchev–Trinajstić information content (AvgIpc) is 3.14. The minimum Gasteiger partial charge on any atom is -0.349 e. The van der Waals surface area contributed by atoms with Crippen LogP contribution in [0.4, 0.5) is 0 Å². The maximum atomic E-state index is 12.7. The van der Waals surface area contributed by atoms with Crippen molar-refractivity contribution in [2.75, 3.05) is 0 Å². The molecule has 2 aromatic rings. The first kappa shape index (κ1) is 13.9. The topological polar surface area (TPSA) is 63.5 Å². The molecule has 0 atom stereocenters. The van der Waals surface area contributed by atoms with Gasteiger partial charge in [-0.15, -0.1) is 11.3 Å². The molecule has 6 heteroatoms. The van der Waals surface area contributed by atoms with E-state index in [1.807, 2.05) is 0 Å². The summed E-state index contributed by atoms with van der Waals surface area (Å²) in [6.45, 7) is 0. The summed E-state index contributed by atoms with van der Waals surface area (Å²) in [4.78, 5) is 31.5. The summed E-state index contributed by atoms with van der Waals surface area (Å²) in [7, 11) is 0. The maximum Gasteiger partial charge on any atom is 0.271 e. The summed E-state index contributed by atoms with van der Waals surface area (Å²) < 4.78 is 1.67. The number of nitrogens with one attached hydrogen (secondary N) is 1. The Morgan fingerprint density at radius 1 is 1.23 bits per heavy atom. The van der Waals surface area contributed by atoms with Gasteiger partial charge in [-0.05, 0) is 38.5 Å². The standard InChI is InChI=1S/C16H19N3O2S/c20-14(18-10-5-1-2-6-10)11-9-17-16-19(15(11)21)12-7-3-4-8-13(12)22-16/h9-10H,1-8H2,(H,18,20). The lowest BCUT2D eigenvalue weighted by atomic mass is 10.0. The quantitative estimate of drug-likeness (QED) is 0.924. The number of fused-ring (bicyclic) bond motifs is 3. The van der Waals surface area contributed by atoms with Gasteiger partial charge in [-0.1, -0.05) is 12.8 Å². The molecule has 1 N–H and O–H groups in total. The predicted octanol–water partition coefficient (Wildman–Crippen LogP) is 2.31. The van der Waals surface area contributed by atoms with Crippen molar-refractivity contribution in [3.63, 3.8) is 0 Å². The average molecular weight is 317 g/mol. The highest BCUT2D eigenvalue weighted by Gasteiger charge is 2.23. The van der Waals surface area contributed by atoms with Crippen LogP contribution in [0.2, 0.25) is 0 Å². The number of nitrogens with zero attached hydrogens (tertiary/aromatic N) is 2. The van der Waals surface area contributed by atoms with Gasteiger partial charge in [-0.25, -0.2) is 4.98 Å². The molecule has 0 saturated heterocycles. The van der Waals surface area contributed by atoms with E-state index in [9.17, 15) is 9.59 Å². The van der Waals surface area contributed by atoms with Crippen molar-refractivity contribution >= 4 is 22.2 Å². The molecule has 22 heavy (non-hydrogen) atoms. The van der Waals surface area contributed by atoms with E-state index in [-0.39, 0.29) is 23.1 Å². The van der Waals surface area contributed by atoms with Crippen molar-refractivity contribution in [1.29, 1.82) is 0 Å². The van der Waals surface area contributed by atoms with Gasteiger partial charge in [0.15, 0.2) is 4.96 Å². The smallest absolute Gasteiger partial charge is 0.271 e. The fourth-order valence-corrected chi connectivity index (χ4v) is 4.73. The van der Waals surface area contributed by atoms with Crippen molar-refractivity contribution in [3.05, 3.63) is 32.7 Å². The van der Waals surface area contributed by atoms with Gasteiger partial charge in [0.25, 0.3) is 11.5 Å². The lowest BCUT2D eigenvalue weighted by molar-refractivity contribution is 0.0936. The normalized spacial score (nSPS) is 18.5. The minimum absolute atomic E-state index is 0.176. The molecule has 0 spiro atoms. The second-order valence-corrected chi connectivity index (χ2v) is 7.29. The molecule has 2 heterocycles. The molecule has 5 nitrogen and oxygen atoms in total. The van der Waals surface area contributed by atoms with E-state index >= 15 is 0 Å². The Balaban J connectivity index is 1.73. The number of thiazole rings is 1. The van der Waals surface area contributed by atoms with E-state index in [0.717, 1.165) is 50.6 Å². The molecule has 2 aliphatic carbocycles. The number of hydrogen-bond donors (Lipinski definition) is 1. The van der Waals surface area contributed by atoms with Crippen molar-refractivity contribution < 1.29 is 4.79 Å². The number of hydrogen-bond acceptors (Lipinski definition) is 4. The Bertz CT molecular complexity index is 787. The molecule has 0 aliphatic heterocycles. The van der Waals surface area contributed by atoms with Crippen LogP contribution in [0, 0.1) is 0 Å². The van der Waals surface area contributed by atoms with Crippen molar-refractivity contribution in [1.82, 2.24) is 14.7 Å². The van der Waals surface area contributed by atoms with Crippen LogP contribution < -0.4 is 10.9 Å². The maximum absolute atomic E-state index is 12.7. The second-order valence-electron chi connectivity index (χ2n) is 6.23. The third kappa shape index (κ3) is 2.26. The molecule has 116 valence electrons. The van der Waals surface area contributed by atoms with E-state index in [1.165, 1.54) is 17.5 Å². The number of aromatic nitrogens is 2. The molecule has 0 aromatic carbocycles. The number of amides is 1. The van der Waals surface area contributed by atoms with Crippen molar-refractivity contribution in [2.45, 2.75) is 57.4 Å². The van der Waals surface area contributed by atoms with Gasteiger partial charge in [-0.2, -0.15) is 0 Å². The largest absolute Gasteiger partial charge is 0.349 e. The van der Waals surface area contributed by atoms with E-state index in [4.69, 9.17) is 0 Å². The number of rotatable bonds is 2. The third-order valence-electron chi connectivity index (χ3n) is 4.74. The fraction of sp³-hybridized carbons (Fsp3) is 0.562. The first-order valence-corrected chi connectivity index (χ1v) is 8.89. The molecule has 2 aromatic heterocycles. The van der Waals surface area contributed by atoms with Crippen LogP contribution in [0.15, 0.2) is 11.0 Å². The SMILES string of the molecule is O=C(NC1CCCC1)c1cnc2sc3c(n2c1=O)CCCC3. The summed E-state index contributed by atoms with van der Waals surface area (Å²) in [5.74, 6) is -0.269. The highest BCUT2D eigenvalue weighted by atomic mass is 32.1. The van der Waals surface area contributed by atoms with Gasteiger partial charge >= 0.3 is 0 Å². The van der Waals surface area contributed by atoms with Crippen LogP contribution in [0.25, 0.3) is 4.96 Å². The van der Waals surface area contributed by atoms with E-state index < -0.39 is 0 Å². The molecule has 0 radical (unpaired) electrons. The summed E-state index contributed by atoms with van der Waals surface area (Å²) in [6, 6.07) is 0.212. The highest BCUT2D eigenvalue weighted by Crippen LogP contribution is 2.28. The van der Waals surface area contributed by atoms with Crippen molar-refractivity contribution in [2.24, 2.45) is 0 Å². The van der Waals surface area contributed by atoms with Gasteiger partial charge in [0.05, 0.1) is 0 Å². The Labute approximate surface area is 132 Å². The molecule has 0 bridgehead atoms. The zero-order valence-electron chi connectivity index (χ0n) is 12.4. The molecule has 4 rings (SSSR count). The Morgan fingerprint density at radius 2 is 2.00 bits per heavy atom. The molecular formula is C16H19N3O2S. The number of carbonyl (C=O) groups excluding carboxylic acids is 1. The zero-order chi connectivity index (χ0) is 15.1. The van der Waals surface area contributed by atoms with Crippen LogP contribution in [0.5, 0.6) is 0 Å². The van der Waals surface area contributed by atoms with E-state index in [2.05, 4.69) is 10.3 Å². The first-order valence-electron chi connectivity index (χ1n) is 8.07. The lowest BCUT2D eigenvalue weighted by Crippen LogP contribution is -2.37. The Kier molecular flexibility index (Phi) is 3.48. The zero-order valence-corrected chi connectivity index (χ0v) is 13.2. The number of carbonyl (C=O) groups is 1. The lowest BCUT2D eigenvalue weighted by Gasteiger charge is -2.12. The summed E-state index contributed by atoms with van der Waals surface area (Å²) >= 11 is 1.59. The molecule has 1 saturated carbocycles. The van der Waals surface area contributed by atoms with E-state index in [0.29, 0.717) is 4.96 Å². The van der Waals surface area contributed by atoms with Crippen LogP contribution in [0.3, 0.4) is 0 Å². The summed E-state index contributed by atoms with van der Waals surface area (Å²) in [6.07, 6.45) is 9.97. The van der Waals surface area contributed by atoms with Gasteiger partial charge in [0.2, 0.25) is 0 Å². The van der Waals surface area contributed by atoms with Crippen LogP contribution in [-0.2, 0) is 12.8 Å². The minimum atomic E-state index is -0.269. The second kappa shape index (κ2) is 5.50. The van der Waals surface area contributed by atoms with Gasteiger partial charge in [-0.3, -0.25) is 14.0 Å². The molecule has 1 amide bonds.